The van der Waals surface area contributed by atoms with Gasteiger partial charge in [-0.05, 0) is 42.5 Å². The molecule has 0 aliphatic heterocycles. The molecule has 0 bridgehead atoms. The SMILES string of the molecule is CC.O=C(Nc1cccc(-c2n[nH]c3ccc(-c4ncn[nH]4)cc23)c1)c1ccncc1. The Balaban J connectivity index is 0.00000112. The van der Waals surface area contributed by atoms with E-state index in [0.29, 0.717) is 17.1 Å². The summed E-state index contributed by atoms with van der Waals surface area (Å²) in [6, 6.07) is 16.9. The standard InChI is InChI=1S/C21H15N7O.C2H6/c29-21(13-6-8-22-9-7-13)25-16-3-1-2-14(10-16)19-17-11-15(20-23-12-24-28-20)4-5-18(17)26-27-19;1-2/h1-12H,(H,25,29)(H,26,27)(H,23,24,28);1-2H3. The Bertz CT molecular complexity index is 1290. The minimum atomic E-state index is -0.191. The minimum absolute atomic E-state index is 0.191. The average molecular weight is 411 g/mol. The van der Waals surface area contributed by atoms with Gasteiger partial charge in [0.1, 0.15) is 6.33 Å². The third-order valence-electron chi connectivity index (χ3n) is 4.59. The van der Waals surface area contributed by atoms with Crippen molar-refractivity contribution in [3.8, 4) is 22.6 Å². The van der Waals surface area contributed by atoms with Crippen molar-refractivity contribution in [2.24, 2.45) is 0 Å². The summed E-state index contributed by atoms with van der Waals surface area (Å²) < 4.78 is 0. The first-order chi connectivity index (χ1) is 15.3. The number of aromatic amines is 2. The molecule has 5 aromatic rings. The molecule has 0 spiro atoms. The second kappa shape index (κ2) is 9.00. The Morgan fingerprint density at radius 2 is 1.77 bits per heavy atom. The topological polar surface area (TPSA) is 112 Å². The van der Waals surface area contributed by atoms with Crippen molar-refractivity contribution < 1.29 is 4.79 Å². The van der Waals surface area contributed by atoms with Gasteiger partial charge < -0.3 is 5.32 Å². The maximum atomic E-state index is 12.4. The highest BCUT2D eigenvalue weighted by molar-refractivity contribution is 6.04. The summed E-state index contributed by atoms with van der Waals surface area (Å²) >= 11 is 0. The van der Waals surface area contributed by atoms with Gasteiger partial charge in [-0.25, -0.2) is 4.98 Å². The van der Waals surface area contributed by atoms with E-state index in [2.05, 4.69) is 35.7 Å². The predicted octanol–water partition coefficient (Wildman–Crippen LogP) is 4.69. The van der Waals surface area contributed by atoms with Crippen LogP contribution in [0.3, 0.4) is 0 Å². The molecule has 3 aromatic heterocycles. The van der Waals surface area contributed by atoms with Gasteiger partial charge in [0.2, 0.25) is 0 Å². The largest absolute Gasteiger partial charge is 0.322 e. The van der Waals surface area contributed by atoms with Crippen molar-refractivity contribution in [3.63, 3.8) is 0 Å². The number of nitrogens with zero attached hydrogens (tertiary/aromatic N) is 4. The van der Waals surface area contributed by atoms with Gasteiger partial charge in [-0.3, -0.25) is 20.0 Å². The summed E-state index contributed by atoms with van der Waals surface area (Å²) in [6.07, 6.45) is 4.66. The second-order valence-corrected chi connectivity index (χ2v) is 6.44. The molecule has 0 aliphatic rings. The van der Waals surface area contributed by atoms with Crippen LogP contribution in [0.4, 0.5) is 5.69 Å². The second-order valence-electron chi connectivity index (χ2n) is 6.44. The van der Waals surface area contributed by atoms with Crippen LogP contribution in [0.1, 0.15) is 24.2 Å². The third-order valence-corrected chi connectivity index (χ3v) is 4.59. The van der Waals surface area contributed by atoms with Crippen molar-refractivity contribution in [2.45, 2.75) is 13.8 Å². The molecule has 0 atom stereocenters. The average Bonchev–Trinajstić information content (AvgIpc) is 3.51. The highest BCUT2D eigenvalue weighted by Gasteiger charge is 2.12. The molecule has 0 radical (unpaired) electrons. The number of aromatic nitrogens is 6. The summed E-state index contributed by atoms with van der Waals surface area (Å²) in [5.74, 6) is 0.501. The van der Waals surface area contributed by atoms with E-state index in [4.69, 9.17) is 0 Å². The number of rotatable bonds is 4. The molecule has 3 heterocycles. The molecule has 5 rings (SSSR count). The molecule has 0 unspecified atom stereocenters. The Morgan fingerprint density at radius 3 is 2.55 bits per heavy atom. The van der Waals surface area contributed by atoms with Crippen LogP contribution in [0, 0.1) is 0 Å². The first kappa shape index (κ1) is 20.0. The van der Waals surface area contributed by atoms with Gasteiger partial charge in [0.05, 0.1) is 11.2 Å². The number of anilines is 1. The zero-order valence-corrected chi connectivity index (χ0v) is 17.1. The predicted molar refractivity (Wildman–Crippen MR) is 120 cm³/mol. The molecule has 8 nitrogen and oxygen atoms in total. The third kappa shape index (κ3) is 4.18. The van der Waals surface area contributed by atoms with Gasteiger partial charge in [0.25, 0.3) is 5.91 Å². The van der Waals surface area contributed by atoms with Crippen LogP contribution in [0.2, 0.25) is 0 Å². The maximum absolute atomic E-state index is 12.4. The van der Waals surface area contributed by atoms with Crippen LogP contribution in [0.15, 0.2) is 73.3 Å². The lowest BCUT2D eigenvalue weighted by atomic mass is 10.0. The number of pyridine rings is 1. The minimum Gasteiger partial charge on any atom is -0.322 e. The summed E-state index contributed by atoms with van der Waals surface area (Å²) in [5, 5.41) is 18.2. The Kier molecular flexibility index (Phi) is 5.79. The molecule has 0 saturated carbocycles. The highest BCUT2D eigenvalue weighted by atomic mass is 16.1. The molecule has 8 heteroatoms. The molecule has 1 amide bonds. The van der Waals surface area contributed by atoms with Gasteiger partial charge in [0, 0.05) is 40.2 Å². The van der Waals surface area contributed by atoms with Gasteiger partial charge in [-0.2, -0.15) is 10.2 Å². The number of hydrogen-bond donors (Lipinski definition) is 3. The maximum Gasteiger partial charge on any atom is 0.255 e. The van der Waals surface area contributed by atoms with E-state index in [9.17, 15) is 4.79 Å². The molecule has 31 heavy (non-hydrogen) atoms. The first-order valence-electron chi connectivity index (χ1n) is 9.93. The summed E-state index contributed by atoms with van der Waals surface area (Å²) in [4.78, 5) is 20.6. The molecule has 0 saturated heterocycles. The Morgan fingerprint density at radius 1 is 0.935 bits per heavy atom. The lowest BCUT2D eigenvalue weighted by Gasteiger charge is -2.07. The number of benzene rings is 2. The van der Waals surface area contributed by atoms with Gasteiger partial charge in [-0.15, -0.1) is 0 Å². The fraction of sp³-hybridized carbons (Fsp3) is 0.0870. The molecule has 0 aliphatic carbocycles. The van der Waals surface area contributed by atoms with Gasteiger partial charge in [-0.1, -0.05) is 26.0 Å². The number of carbonyl (C=O) groups excluding carboxylic acids is 1. The summed E-state index contributed by atoms with van der Waals surface area (Å²) in [6.45, 7) is 4.00. The summed E-state index contributed by atoms with van der Waals surface area (Å²) in [7, 11) is 0. The van der Waals surface area contributed by atoms with E-state index in [1.807, 2.05) is 56.3 Å². The summed E-state index contributed by atoms with van der Waals surface area (Å²) in [5.41, 5.74) is 4.74. The normalized spacial score (nSPS) is 10.4. The van der Waals surface area contributed by atoms with Gasteiger partial charge in [0.15, 0.2) is 5.82 Å². The van der Waals surface area contributed by atoms with Gasteiger partial charge >= 0.3 is 0 Å². The van der Waals surface area contributed by atoms with E-state index in [-0.39, 0.29) is 5.91 Å². The molecule has 3 N–H and O–H groups in total. The van der Waals surface area contributed by atoms with Crippen molar-refractivity contribution >= 4 is 22.5 Å². The fourth-order valence-corrected chi connectivity index (χ4v) is 3.18. The lowest BCUT2D eigenvalue weighted by molar-refractivity contribution is 0.102. The van der Waals surface area contributed by atoms with E-state index in [0.717, 1.165) is 27.7 Å². The Hall–Kier alpha value is -4.33. The van der Waals surface area contributed by atoms with Crippen molar-refractivity contribution in [1.29, 1.82) is 0 Å². The van der Waals surface area contributed by atoms with Crippen LogP contribution in [-0.4, -0.2) is 36.3 Å². The number of hydrogen-bond acceptors (Lipinski definition) is 5. The monoisotopic (exact) mass is 411 g/mol. The van der Waals surface area contributed by atoms with E-state index >= 15 is 0 Å². The quantitative estimate of drug-likeness (QED) is 0.397. The van der Waals surface area contributed by atoms with Crippen LogP contribution in [-0.2, 0) is 0 Å². The van der Waals surface area contributed by atoms with Crippen molar-refractivity contribution in [3.05, 3.63) is 78.9 Å². The van der Waals surface area contributed by atoms with Crippen molar-refractivity contribution in [1.82, 2.24) is 30.4 Å². The van der Waals surface area contributed by atoms with E-state index in [1.54, 1.807) is 24.5 Å². The highest BCUT2D eigenvalue weighted by Crippen LogP contribution is 2.30. The van der Waals surface area contributed by atoms with Crippen LogP contribution >= 0.6 is 0 Å². The van der Waals surface area contributed by atoms with Crippen LogP contribution in [0.25, 0.3) is 33.5 Å². The number of amides is 1. The zero-order valence-electron chi connectivity index (χ0n) is 17.1. The zero-order chi connectivity index (χ0) is 21.6. The number of nitrogens with one attached hydrogen (secondary N) is 3. The molecule has 0 fully saturated rings. The fourth-order valence-electron chi connectivity index (χ4n) is 3.18. The Labute approximate surface area is 178 Å². The lowest BCUT2D eigenvalue weighted by Crippen LogP contribution is -2.11. The first-order valence-corrected chi connectivity index (χ1v) is 9.93. The van der Waals surface area contributed by atoms with E-state index in [1.165, 1.54) is 6.33 Å². The number of H-pyrrole nitrogens is 2. The molecule has 2 aromatic carbocycles. The van der Waals surface area contributed by atoms with Crippen LogP contribution in [0.5, 0.6) is 0 Å². The molecular weight excluding hydrogens is 390 g/mol. The van der Waals surface area contributed by atoms with Crippen LogP contribution < -0.4 is 5.32 Å². The molecular formula is C23H21N7O. The van der Waals surface area contributed by atoms with Crippen molar-refractivity contribution in [2.75, 3.05) is 5.32 Å². The van der Waals surface area contributed by atoms with E-state index < -0.39 is 0 Å². The molecule has 154 valence electrons. The smallest absolute Gasteiger partial charge is 0.255 e. The number of carbonyl (C=O) groups is 1. The number of fused-ring (bicyclic) bond motifs is 1.